The molecule has 0 unspecified atom stereocenters. The van der Waals surface area contributed by atoms with Crippen LogP contribution in [0, 0.1) is 0 Å². The average molecular weight is 486 g/mol. The first-order valence-electron chi connectivity index (χ1n) is 10.1. The average Bonchev–Trinajstić information content (AvgIpc) is 3.22. The minimum absolute atomic E-state index is 0.184. The van der Waals surface area contributed by atoms with Crippen LogP contribution in [0.2, 0.25) is 0 Å². The van der Waals surface area contributed by atoms with E-state index in [2.05, 4.69) is 0 Å². The Balaban J connectivity index is 1.79. The van der Waals surface area contributed by atoms with E-state index in [0.29, 0.717) is 9.13 Å². The summed E-state index contributed by atoms with van der Waals surface area (Å²) in [7, 11) is 0. The molecule has 0 fully saturated rings. The summed E-state index contributed by atoms with van der Waals surface area (Å²) in [5, 5.41) is 40.9. The normalized spacial score (nSPS) is 11.3. The minimum Gasteiger partial charge on any atom is -0.872 e. The lowest BCUT2D eigenvalue weighted by atomic mass is 10.1. The van der Waals surface area contributed by atoms with Crippen molar-refractivity contribution in [2.24, 2.45) is 0 Å². The Kier molecular flexibility index (Phi) is 4.64. The van der Waals surface area contributed by atoms with E-state index in [1.807, 2.05) is 0 Å². The second kappa shape index (κ2) is 7.50. The zero-order valence-corrected chi connectivity index (χ0v) is 17.7. The standard InChI is InChI=1S/C24H12N2O10/c27-17-3-1-9(5-15(17)23(33)34)25-19(29)11-7-13-14(8-12(11)20(25)30)22(32)26(21(13)31)10-2-4-18(28)16(6-10)24(35)36/h1-8,27-28H,(H,33,34)(H,35,36)/p-2. The zero-order chi connectivity index (χ0) is 26.0. The SMILES string of the molecule is O=C(O)c1cc(-n2c(=O)c3cc4c(=O)n(-c5ccc([O-])c(C(=O)O)c5)c(=O)c4cc3c2=O)ccc1[O-]. The highest BCUT2D eigenvalue weighted by Gasteiger charge is 2.22. The third-order valence-electron chi connectivity index (χ3n) is 5.80. The lowest BCUT2D eigenvalue weighted by Gasteiger charge is -2.11. The van der Waals surface area contributed by atoms with Crippen LogP contribution in [-0.2, 0) is 0 Å². The number of rotatable bonds is 4. The summed E-state index contributed by atoms with van der Waals surface area (Å²) < 4.78 is 1.26. The van der Waals surface area contributed by atoms with Gasteiger partial charge in [-0.3, -0.25) is 19.2 Å². The zero-order valence-electron chi connectivity index (χ0n) is 17.7. The molecule has 3 aromatic carbocycles. The first-order valence-corrected chi connectivity index (χ1v) is 10.1. The number of hydrogen-bond donors (Lipinski definition) is 2. The Labute approximate surface area is 197 Å². The highest BCUT2D eigenvalue weighted by molar-refractivity contribution is 5.99. The quantitative estimate of drug-likeness (QED) is 0.332. The van der Waals surface area contributed by atoms with E-state index in [4.69, 9.17) is 0 Å². The van der Waals surface area contributed by atoms with E-state index < -0.39 is 56.8 Å². The van der Waals surface area contributed by atoms with Crippen molar-refractivity contribution in [3.63, 3.8) is 0 Å². The summed E-state index contributed by atoms with van der Waals surface area (Å²) in [6.45, 7) is 0. The Morgan fingerprint density at radius 1 is 0.556 bits per heavy atom. The predicted octanol–water partition coefficient (Wildman–Crippen LogP) is -0.566. The molecular formula is C24H10N2O10-2. The number of aromatic nitrogens is 2. The van der Waals surface area contributed by atoms with E-state index in [9.17, 15) is 49.2 Å². The summed E-state index contributed by atoms with van der Waals surface area (Å²) >= 11 is 0. The van der Waals surface area contributed by atoms with Crippen LogP contribution in [0.4, 0.5) is 0 Å². The molecule has 0 saturated heterocycles. The minimum atomic E-state index is -1.55. The van der Waals surface area contributed by atoms with Gasteiger partial charge in [0.2, 0.25) is 0 Å². The van der Waals surface area contributed by atoms with Crippen LogP contribution >= 0.6 is 0 Å². The number of carboxylic acid groups (broad SMARTS) is 2. The predicted molar refractivity (Wildman–Crippen MR) is 120 cm³/mol. The van der Waals surface area contributed by atoms with Gasteiger partial charge in [0, 0.05) is 0 Å². The smallest absolute Gasteiger partial charge is 0.335 e. The molecule has 0 radical (unpaired) electrons. The van der Waals surface area contributed by atoms with Crippen molar-refractivity contribution in [2.45, 2.75) is 0 Å². The van der Waals surface area contributed by atoms with Crippen LogP contribution in [0.1, 0.15) is 20.7 Å². The van der Waals surface area contributed by atoms with Gasteiger partial charge < -0.3 is 20.4 Å². The number of benzene rings is 3. The number of nitrogens with zero attached hydrogens (tertiary/aromatic N) is 2. The molecule has 178 valence electrons. The van der Waals surface area contributed by atoms with Crippen LogP contribution in [0.25, 0.3) is 32.9 Å². The highest BCUT2D eigenvalue weighted by Crippen LogP contribution is 2.21. The largest absolute Gasteiger partial charge is 0.872 e. The monoisotopic (exact) mass is 486 g/mol. The van der Waals surface area contributed by atoms with Crippen molar-refractivity contribution in [1.82, 2.24) is 9.13 Å². The van der Waals surface area contributed by atoms with Crippen molar-refractivity contribution >= 4 is 33.5 Å². The topological polar surface area (TPSA) is 199 Å². The summed E-state index contributed by atoms with van der Waals surface area (Å²) in [5.74, 6) is -4.75. The van der Waals surface area contributed by atoms with Crippen molar-refractivity contribution in [2.75, 3.05) is 0 Å². The number of carboxylic acids is 2. The second-order valence-corrected chi connectivity index (χ2v) is 7.81. The van der Waals surface area contributed by atoms with Crippen molar-refractivity contribution in [3.05, 3.63) is 101 Å². The molecule has 0 amide bonds. The van der Waals surface area contributed by atoms with Crippen molar-refractivity contribution in [3.8, 4) is 22.9 Å². The molecule has 5 aromatic rings. The molecule has 0 bridgehead atoms. The van der Waals surface area contributed by atoms with Crippen molar-refractivity contribution in [1.29, 1.82) is 0 Å². The van der Waals surface area contributed by atoms with Crippen LogP contribution in [-0.4, -0.2) is 31.3 Å². The number of carbonyl (C=O) groups is 2. The third-order valence-corrected chi connectivity index (χ3v) is 5.80. The fourth-order valence-electron chi connectivity index (χ4n) is 4.09. The van der Waals surface area contributed by atoms with Crippen LogP contribution in [0.15, 0.2) is 67.7 Å². The molecule has 2 N–H and O–H groups in total. The van der Waals surface area contributed by atoms with Gasteiger partial charge in [0.1, 0.15) is 0 Å². The molecule has 0 aliphatic rings. The maximum Gasteiger partial charge on any atom is 0.335 e. The van der Waals surface area contributed by atoms with Gasteiger partial charge in [-0.25, -0.2) is 18.7 Å². The van der Waals surface area contributed by atoms with Crippen LogP contribution < -0.4 is 32.5 Å². The maximum atomic E-state index is 13.0. The molecule has 2 heterocycles. The first kappa shape index (κ1) is 22.3. The number of fused-ring (bicyclic) bond motifs is 2. The lowest BCUT2D eigenvalue weighted by molar-refractivity contribution is -0.269. The van der Waals surface area contributed by atoms with E-state index in [1.165, 1.54) is 0 Å². The van der Waals surface area contributed by atoms with Crippen LogP contribution in [0.5, 0.6) is 11.5 Å². The van der Waals surface area contributed by atoms with E-state index in [1.54, 1.807) is 0 Å². The maximum absolute atomic E-state index is 13.0. The van der Waals surface area contributed by atoms with Gasteiger partial charge in [0.25, 0.3) is 22.2 Å². The van der Waals surface area contributed by atoms with Gasteiger partial charge in [0.15, 0.2) is 0 Å². The molecule has 0 spiro atoms. The van der Waals surface area contributed by atoms with E-state index in [-0.39, 0.29) is 32.9 Å². The summed E-state index contributed by atoms with van der Waals surface area (Å²) in [6, 6.07) is 7.83. The Morgan fingerprint density at radius 2 is 0.861 bits per heavy atom. The molecule has 0 atom stereocenters. The first-order chi connectivity index (χ1) is 17.0. The second-order valence-electron chi connectivity index (χ2n) is 7.81. The molecule has 5 rings (SSSR count). The molecule has 36 heavy (non-hydrogen) atoms. The Hall–Kier alpha value is -5.52. The van der Waals surface area contributed by atoms with E-state index >= 15 is 0 Å². The van der Waals surface area contributed by atoms with Crippen molar-refractivity contribution < 1.29 is 30.0 Å². The summed E-state index contributed by atoms with van der Waals surface area (Å²) in [5.41, 5.74) is -5.31. The molecule has 12 heteroatoms. The van der Waals surface area contributed by atoms with Gasteiger partial charge in [-0.05, 0) is 36.4 Å². The highest BCUT2D eigenvalue weighted by atomic mass is 16.4. The Bertz CT molecular complexity index is 1790. The molecule has 2 aromatic heterocycles. The molecule has 0 aliphatic heterocycles. The van der Waals surface area contributed by atoms with Gasteiger partial charge in [-0.2, -0.15) is 0 Å². The van der Waals surface area contributed by atoms with Gasteiger partial charge >= 0.3 is 11.9 Å². The fraction of sp³-hybridized carbons (Fsp3) is 0. The molecular weight excluding hydrogens is 476 g/mol. The van der Waals surface area contributed by atoms with Gasteiger partial charge in [-0.15, -0.1) is 0 Å². The van der Waals surface area contributed by atoms with Gasteiger partial charge in [0.05, 0.1) is 44.0 Å². The Morgan fingerprint density at radius 3 is 1.14 bits per heavy atom. The van der Waals surface area contributed by atoms with Crippen LogP contribution in [0.3, 0.4) is 0 Å². The van der Waals surface area contributed by atoms with E-state index in [0.717, 1.165) is 48.5 Å². The molecule has 12 nitrogen and oxygen atoms in total. The summed E-state index contributed by atoms with van der Waals surface area (Å²) in [6.07, 6.45) is 0. The number of hydrogen-bond acceptors (Lipinski definition) is 8. The number of aromatic carboxylic acids is 2. The molecule has 0 aliphatic carbocycles. The molecule has 0 saturated carbocycles. The lowest BCUT2D eigenvalue weighted by Crippen LogP contribution is -2.24. The van der Waals surface area contributed by atoms with Gasteiger partial charge in [-0.1, -0.05) is 23.6 Å². The fourth-order valence-corrected chi connectivity index (χ4v) is 4.09. The third kappa shape index (κ3) is 3.01. The summed E-state index contributed by atoms with van der Waals surface area (Å²) in [4.78, 5) is 74.7.